The molecule has 2 N–H and O–H groups in total. The minimum Gasteiger partial charge on any atom is -0.496 e. The highest BCUT2D eigenvalue weighted by molar-refractivity contribution is 5.41. The van der Waals surface area contributed by atoms with E-state index < -0.39 is 0 Å². The maximum absolute atomic E-state index is 5.53. The Labute approximate surface area is 78.7 Å². The van der Waals surface area contributed by atoms with Crippen molar-refractivity contribution < 1.29 is 4.74 Å². The third-order valence-corrected chi connectivity index (χ3v) is 2.46. The molecule has 0 atom stereocenters. The van der Waals surface area contributed by atoms with Crippen molar-refractivity contribution in [2.45, 2.75) is 25.3 Å². The van der Waals surface area contributed by atoms with Gasteiger partial charge in [-0.05, 0) is 48.1 Å². The number of hydrogen-bond acceptors (Lipinski definition) is 2. The molecular formula is C11H14NO. The Bertz CT molecular complexity index is 305. The molecule has 0 aliphatic heterocycles. The van der Waals surface area contributed by atoms with Crippen LogP contribution in [0.1, 0.15) is 29.9 Å². The lowest BCUT2D eigenvalue weighted by atomic mass is 10.1. The van der Waals surface area contributed by atoms with Crippen LogP contribution in [0.4, 0.5) is 0 Å². The largest absolute Gasteiger partial charge is 0.496 e. The van der Waals surface area contributed by atoms with Crippen LogP contribution >= 0.6 is 0 Å². The highest BCUT2D eigenvalue weighted by Gasteiger charge is 2.26. The van der Waals surface area contributed by atoms with E-state index in [-0.39, 0.29) is 0 Å². The quantitative estimate of drug-likeness (QED) is 0.762. The number of rotatable bonds is 3. The van der Waals surface area contributed by atoms with E-state index in [2.05, 4.69) is 6.07 Å². The standard InChI is InChI=1S/C11H14NO/c1-13-11-6-8(7-12)2-5-10(11)9-3-4-9/h5-6,9H,3-4,7,12H2,1H3. The molecule has 0 heterocycles. The highest BCUT2D eigenvalue weighted by Crippen LogP contribution is 2.44. The molecule has 2 nitrogen and oxygen atoms in total. The van der Waals surface area contributed by atoms with Crippen molar-refractivity contribution in [3.8, 4) is 5.75 Å². The molecule has 0 unspecified atom stereocenters. The Morgan fingerprint density at radius 1 is 1.62 bits per heavy atom. The van der Waals surface area contributed by atoms with Crippen molar-refractivity contribution in [3.05, 3.63) is 29.3 Å². The summed E-state index contributed by atoms with van der Waals surface area (Å²) in [4.78, 5) is 0. The van der Waals surface area contributed by atoms with Crippen molar-refractivity contribution in [2.75, 3.05) is 7.11 Å². The minimum absolute atomic E-state index is 0.529. The zero-order valence-corrected chi connectivity index (χ0v) is 7.84. The molecule has 1 aliphatic carbocycles. The Morgan fingerprint density at radius 2 is 2.38 bits per heavy atom. The van der Waals surface area contributed by atoms with E-state index in [1.54, 1.807) is 7.11 Å². The molecular weight excluding hydrogens is 162 g/mol. The summed E-state index contributed by atoms with van der Waals surface area (Å²) in [7, 11) is 1.71. The normalized spacial score (nSPS) is 15.8. The van der Waals surface area contributed by atoms with Gasteiger partial charge in [-0.15, -0.1) is 0 Å². The lowest BCUT2D eigenvalue weighted by Gasteiger charge is -2.08. The van der Waals surface area contributed by atoms with Crippen LogP contribution in [0, 0.1) is 6.07 Å². The monoisotopic (exact) mass is 176 g/mol. The lowest BCUT2D eigenvalue weighted by molar-refractivity contribution is 0.409. The smallest absolute Gasteiger partial charge is 0.122 e. The highest BCUT2D eigenvalue weighted by atomic mass is 16.5. The summed E-state index contributed by atoms with van der Waals surface area (Å²) in [5, 5.41) is 0. The summed E-state index contributed by atoms with van der Waals surface area (Å²) in [6, 6.07) is 7.20. The zero-order valence-electron chi connectivity index (χ0n) is 7.84. The fraction of sp³-hybridized carbons (Fsp3) is 0.455. The van der Waals surface area contributed by atoms with E-state index in [4.69, 9.17) is 10.5 Å². The van der Waals surface area contributed by atoms with E-state index in [0.29, 0.717) is 12.5 Å². The summed E-state index contributed by atoms with van der Waals surface area (Å²) in [6.07, 6.45) is 2.57. The van der Waals surface area contributed by atoms with Gasteiger partial charge in [0.1, 0.15) is 5.75 Å². The number of hydrogen-bond donors (Lipinski definition) is 1. The summed E-state index contributed by atoms with van der Waals surface area (Å²) in [5.74, 6) is 1.68. The van der Waals surface area contributed by atoms with Gasteiger partial charge in [-0.2, -0.15) is 0 Å². The molecule has 1 aliphatic rings. The van der Waals surface area contributed by atoms with Crippen molar-refractivity contribution in [3.63, 3.8) is 0 Å². The molecule has 1 aromatic carbocycles. The van der Waals surface area contributed by atoms with Gasteiger partial charge in [0, 0.05) is 6.54 Å². The number of methoxy groups -OCH3 is 1. The number of ether oxygens (including phenoxy) is 1. The first-order chi connectivity index (χ1) is 6.35. The molecule has 1 radical (unpaired) electrons. The maximum atomic E-state index is 5.53. The molecule has 1 fully saturated rings. The Hall–Kier alpha value is -1.02. The van der Waals surface area contributed by atoms with Gasteiger partial charge in [-0.1, -0.05) is 0 Å². The molecule has 69 valence electrons. The van der Waals surface area contributed by atoms with Crippen LogP contribution in [0.25, 0.3) is 0 Å². The predicted molar refractivity (Wildman–Crippen MR) is 51.7 cm³/mol. The van der Waals surface area contributed by atoms with Crippen LogP contribution in [0.3, 0.4) is 0 Å². The van der Waals surface area contributed by atoms with Crippen LogP contribution in [0.5, 0.6) is 5.75 Å². The van der Waals surface area contributed by atoms with Gasteiger partial charge < -0.3 is 10.5 Å². The Balaban J connectivity index is 2.33. The summed E-state index contributed by atoms with van der Waals surface area (Å²) in [5.41, 5.74) is 7.83. The van der Waals surface area contributed by atoms with Crippen molar-refractivity contribution in [1.82, 2.24) is 0 Å². The van der Waals surface area contributed by atoms with Crippen LogP contribution in [0.2, 0.25) is 0 Å². The van der Waals surface area contributed by atoms with Gasteiger partial charge >= 0.3 is 0 Å². The van der Waals surface area contributed by atoms with E-state index in [1.165, 1.54) is 18.4 Å². The van der Waals surface area contributed by atoms with Crippen LogP contribution in [-0.2, 0) is 6.54 Å². The van der Waals surface area contributed by atoms with E-state index in [1.807, 2.05) is 12.1 Å². The molecule has 0 saturated heterocycles. The number of benzene rings is 1. The Kier molecular flexibility index (Phi) is 2.23. The van der Waals surface area contributed by atoms with Gasteiger partial charge in [-0.3, -0.25) is 0 Å². The minimum atomic E-state index is 0.529. The molecule has 2 rings (SSSR count). The van der Waals surface area contributed by atoms with Gasteiger partial charge in [-0.25, -0.2) is 0 Å². The zero-order chi connectivity index (χ0) is 9.26. The van der Waals surface area contributed by atoms with Crippen molar-refractivity contribution in [2.24, 2.45) is 5.73 Å². The van der Waals surface area contributed by atoms with Gasteiger partial charge in [0.25, 0.3) is 0 Å². The average molecular weight is 176 g/mol. The molecule has 2 heteroatoms. The third kappa shape index (κ3) is 1.68. The van der Waals surface area contributed by atoms with Crippen molar-refractivity contribution in [1.29, 1.82) is 0 Å². The summed E-state index contributed by atoms with van der Waals surface area (Å²) >= 11 is 0. The van der Waals surface area contributed by atoms with Crippen molar-refractivity contribution >= 4 is 0 Å². The fourth-order valence-corrected chi connectivity index (χ4v) is 1.53. The molecule has 0 bridgehead atoms. The van der Waals surface area contributed by atoms with Crippen LogP contribution < -0.4 is 10.5 Å². The first-order valence-electron chi connectivity index (χ1n) is 4.63. The Morgan fingerprint density at radius 3 is 2.92 bits per heavy atom. The summed E-state index contributed by atoms with van der Waals surface area (Å²) in [6.45, 7) is 0.529. The maximum Gasteiger partial charge on any atom is 0.122 e. The molecule has 1 aromatic rings. The number of nitrogens with two attached hydrogens (primary N) is 1. The topological polar surface area (TPSA) is 35.2 Å². The first kappa shape index (κ1) is 8.57. The predicted octanol–water partition coefficient (Wildman–Crippen LogP) is 1.83. The second kappa shape index (κ2) is 3.38. The van der Waals surface area contributed by atoms with E-state index in [0.717, 1.165) is 11.3 Å². The van der Waals surface area contributed by atoms with E-state index >= 15 is 0 Å². The van der Waals surface area contributed by atoms with E-state index in [9.17, 15) is 0 Å². The second-order valence-electron chi connectivity index (χ2n) is 3.46. The van der Waals surface area contributed by atoms with Gasteiger partial charge in [0.05, 0.1) is 7.11 Å². The molecule has 13 heavy (non-hydrogen) atoms. The van der Waals surface area contributed by atoms with Gasteiger partial charge in [0.2, 0.25) is 0 Å². The first-order valence-corrected chi connectivity index (χ1v) is 4.63. The summed E-state index contributed by atoms with van der Waals surface area (Å²) < 4.78 is 5.31. The SMILES string of the molecule is COc1cc(CN)[c]cc1C1CC1. The van der Waals surface area contributed by atoms with Gasteiger partial charge in [0.15, 0.2) is 0 Å². The fourth-order valence-electron chi connectivity index (χ4n) is 1.53. The molecule has 1 saturated carbocycles. The van der Waals surface area contributed by atoms with Crippen LogP contribution in [-0.4, -0.2) is 7.11 Å². The molecule has 0 spiro atoms. The molecule has 0 amide bonds. The molecule has 0 aromatic heterocycles. The van der Waals surface area contributed by atoms with Crippen LogP contribution in [0.15, 0.2) is 12.1 Å². The third-order valence-electron chi connectivity index (χ3n) is 2.46. The second-order valence-corrected chi connectivity index (χ2v) is 3.46. The average Bonchev–Trinajstić information content (AvgIpc) is 3.00. The lowest BCUT2D eigenvalue weighted by Crippen LogP contribution is -1.98.